The van der Waals surface area contributed by atoms with Crippen molar-refractivity contribution in [3.8, 4) is 0 Å². The molecule has 0 aliphatic carbocycles. The number of carboxylic acid groups (broad SMARTS) is 1. The highest BCUT2D eigenvalue weighted by molar-refractivity contribution is 7.98. The predicted molar refractivity (Wildman–Crippen MR) is 74.5 cm³/mol. The van der Waals surface area contributed by atoms with Gasteiger partial charge in [0.25, 0.3) is 0 Å². The molecule has 2 N–H and O–H groups in total. The zero-order valence-electron chi connectivity index (χ0n) is 11.4. The van der Waals surface area contributed by atoms with Crippen molar-refractivity contribution in [2.45, 2.75) is 19.4 Å². The van der Waals surface area contributed by atoms with Crippen molar-refractivity contribution in [2.24, 2.45) is 5.92 Å². The molecule has 1 saturated heterocycles. The monoisotopic (exact) mass is 290 g/mol. The molecule has 7 heteroatoms. The second-order valence-electron chi connectivity index (χ2n) is 4.77. The van der Waals surface area contributed by atoms with Gasteiger partial charge in [-0.05, 0) is 17.9 Å². The number of urea groups is 1. The van der Waals surface area contributed by atoms with Gasteiger partial charge >= 0.3 is 12.0 Å². The lowest BCUT2D eigenvalue weighted by molar-refractivity contribution is -0.139. The highest BCUT2D eigenvalue weighted by Gasteiger charge is 2.29. The normalized spacial score (nSPS) is 20.9. The van der Waals surface area contributed by atoms with E-state index in [0.29, 0.717) is 32.2 Å². The first-order valence-corrected chi connectivity index (χ1v) is 7.77. The lowest BCUT2D eigenvalue weighted by Crippen LogP contribution is -2.53. The molecule has 19 heavy (non-hydrogen) atoms. The van der Waals surface area contributed by atoms with Crippen LogP contribution in [0.25, 0.3) is 0 Å². The lowest BCUT2D eigenvalue weighted by atomic mass is 10.1. The molecule has 1 aliphatic heterocycles. The van der Waals surface area contributed by atoms with Crippen LogP contribution in [0.15, 0.2) is 0 Å². The minimum absolute atomic E-state index is 0.0756. The standard InChI is InChI=1S/C12H22N2O4S/c1-9(8-19-2)6-13-12(17)14-3-4-18-7-10(14)5-11(15)16/h9-10H,3-8H2,1-2H3,(H,13,17)(H,15,16). The van der Waals surface area contributed by atoms with Gasteiger partial charge in [0.2, 0.25) is 0 Å². The van der Waals surface area contributed by atoms with Crippen molar-refractivity contribution in [3.63, 3.8) is 0 Å². The maximum atomic E-state index is 12.1. The highest BCUT2D eigenvalue weighted by atomic mass is 32.2. The van der Waals surface area contributed by atoms with Crippen molar-refractivity contribution in [1.82, 2.24) is 10.2 Å². The molecule has 0 bridgehead atoms. The molecule has 2 amide bonds. The Morgan fingerprint density at radius 3 is 2.95 bits per heavy atom. The van der Waals surface area contributed by atoms with Gasteiger partial charge in [0.15, 0.2) is 0 Å². The number of ether oxygens (including phenoxy) is 1. The van der Waals surface area contributed by atoms with Crippen LogP contribution in [0.2, 0.25) is 0 Å². The maximum absolute atomic E-state index is 12.1. The molecule has 1 rings (SSSR count). The zero-order chi connectivity index (χ0) is 14.3. The molecule has 2 unspecified atom stereocenters. The molecule has 0 spiro atoms. The third-order valence-corrected chi connectivity index (χ3v) is 3.85. The van der Waals surface area contributed by atoms with Crippen molar-refractivity contribution in [1.29, 1.82) is 0 Å². The summed E-state index contributed by atoms with van der Waals surface area (Å²) in [6, 6.07) is -0.565. The Bertz CT molecular complexity index is 314. The van der Waals surface area contributed by atoms with Crippen molar-refractivity contribution in [3.05, 3.63) is 0 Å². The van der Waals surface area contributed by atoms with E-state index in [9.17, 15) is 9.59 Å². The highest BCUT2D eigenvalue weighted by Crippen LogP contribution is 2.11. The second kappa shape index (κ2) is 8.27. The maximum Gasteiger partial charge on any atom is 0.317 e. The molecule has 0 aromatic rings. The molecule has 1 aliphatic rings. The van der Waals surface area contributed by atoms with Gasteiger partial charge in [-0.15, -0.1) is 0 Å². The van der Waals surface area contributed by atoms with E-state index < -0.39 is 5.97 Å². The smallest absolute Gasteiger partial charge is 0.317 e. The van der Waals surface area contributed by atoms with Crippen LogP contribution in [0, 0.1) is 5.92 Å². The summed E-state index contributed by atoms with van der Waals surface area (Å²) in [5.41, 5.74) is 0. The quantitative estimate of drug-likeness (QED) is 0.759. The van der Waals surface area contributed by atoms with E-state index >= 15 is 0 Å². The zero-order valence-corrected chi connectivity index (χ0v) is 12.2. The fourth-order valence-electron chi connectivity index (χ4n) is 2.00. The topological polar surface area (TPSA) is 78.9 Å². The molecular formula is C12H22N2O4S. The third-order valence-electron chi connectivity index (χ3n) is 2.95. The van der Waals surface area contributed by atoms with E-state index in [1.54, 1.807) is 16.7 Å². The summed E-state index contributed by atoms with van der Waals surface area (Å²) in [4.78, 5) is 24.4. The molecule has 0 radical (unpaired) electrons. The Kier molecular flexibility index (Phi) is 7.01. The molecule has 1 fully saturated rings. The number of thioether (sulfide) groups is 1. The Labute approximate surface area is 117 Å². The third kappa shape index (κ3) is 5.69. The number of nitrogens with one attached hydrogen (secondary N) is 1. The Balaban J connectivity index is 2.45. The summed E-state index contributed by atoms with van der Waals surface area (Å²) in [5.74, 6) is 0.476. The molecule has 2 atom stereocenters. The Morgan fingerprint density at radius 1 is 1.58 bits per heavy atom. The van der Waals surface area contributed by atoms with Crippen molar-refractivity contribution in [2.75, 3.05) is 38.3 Å². The fourth-order valence-corrected chi connectivity index (χ4v) is 2.69. The van der Waals surface area contributed by atoms with Crippen molar-refractivity contribution >= 4 is 23.8 Å². The van der Waals surface area contributed by atoms with Crippen LogP contribution in [0.4, 0.5) is 4.79 Å². The summed E-state index contributed by atoms with van der Waals surface area (Å²) in [7, 11) is 0. The molecular weight excluding hydrogens is 268 g/mol. The lowest BCUT2D eigenvalue weighted by Gasteiger charge is -2.35. The molecule has 110 valence electrons. The first-order chi connectivity index (χ1) is 9.04. The minimum atomic E-state index is -0.913. The number of hydrogen-bond donors (Lipinski definition) is 2. The minimum Gasteiger partial charge on any atom is -0.481 e. The van der Waals surface area contributed by atoms with Gasteiger partial charge in [0.1, 0.15) is 0 Å². The summed E-state index contributed by atoms with van der Waals surface area (Å²) in [6.45, 7) is 3.88. The van der Waals surface area contributed by atoms with Crippen LogP contribution in [0.3, 0.4) is 0 Å². The number of aliphatic carboxylic acids is 1. The number of carboxylic acids is 1. The number of rotatable bonds is 6. The molecule has 0 aromatic carbocycles. The summed E-state index contributed by atoms with van der Waals surface area (Å²) in [5, 5.41) is 11.7. The first kappa shape index (κ1) is 16.1. The number of carbonyl (C=O) groups excluding carboxylic acids is 1. The number of morpholine rings is 1. The molecule has 6 nitrogen and oxygen atoms in total. The van der Waals surface area contributed by atoms with Gasteiger partial charge in [-0.25, -0.2) is 4.79 Å². The first-order valence-electron chi connectivity index (χ1n) is 6.37. The average Bonchev–Trinajstić information content (AvgIpc) is 2.36. The summed E-state index contributed by atoms with van der Waals surface area (Å²) < 4.78 is 5.24. The SMILES string of the molecule is CSCC(C)CNC(=O)N1CCOCC1CC(=O)O. The molecule has 0 aromatic heterocycles. The van der Waals surface area contributed by atoms with E-state index in [0.717, 1.165) is 5.75 Å². The fraction of sp³-hybridized carbons (Fsp3) is 0.833. The molecule has 0 saturated carbocycles. The van der Waals surface area contributed by atoms with E-state index in [1.165, 1.54) is 0 Å². The second-order valence-corrected chi connectivity index (χ2v) is 5.68. The van der Waals surface area contributed by atoms with E-state index in [1.807, 2.05) is 6.26 Å². The molecule has 1 heterocycles. The average molecular weight is 290 g/mol. The van der Waals surface area contributed by atoms with E-state index in [-0.39, 0.29) is 18.5 Å². The number of hydrogen-bond acceptors (Lipinski definition) is 4. The van der Waals surface area contributed by atoms with E-state index in [4.69, 9.17) is 9.84 Å². The summed E-state index contributed by atoms with van der Waals surface area (Å²) in [6.07, 6.45) is 1.96. The Morgan fingerprint density at radius 2 is 2.32 bits per heavy atom. The van der Waals surface area contributed by atoms with Crippen LogP contribution in [-0.2, 0) is 9.53 Å². The van der Waals surface area contributed by atoms with Crippen LogP contribution < -0.4 is 5.32 Å². The van der Waals surface area contributed by atoms with Gasteiger partial charge in [-0.3, -0.25) is 4.79 Å². The number of nitrogens with zero attached hydrogens (tertiary/aromatic N) is 1. The van der Waals surface area contributed by atoms with Gasteiger partial charge < -0.3 is 20.1 Å². The summed E-state index contributed by atoms with van der Waals surface area (Å²) >= 11 is 1.74. The van der Waals surface area contributed by atoms with E-state index in [2.05, 4.69) is 12.2 Å². The number of amides is 2. The predicted octanol–water partition coefficient (Wildman–Crippen LogP) is 0.871. The van der Waals surface area contributed by atoms with Gasteiger partial charge in [0.05, 0.1) is 25.7 Å². The van der Waals surface area contributed by atoms with Crippen LogP contribution in [-0.4, -0.2) is 66.4 Å². The van der Waals surface area contributed by atoms with Crippen LogP contribution in [0.1, 0.15) is 13.3 Å². The number of carbonyl (C=O) groups is 2. The Hall–Kier alpha value is -0.950. The largest absolute Gasteiger partial charge is 0.481 e. The van der Waals surface area contributed by atoms with Crippen molar-refractivity contribution < 1.29 is 19.4 Å². The van der Waals surface area contributed by atoms with Gasteiger partial charge in [-0.1, -0.05) is 6.92 Å². The van der Waals surface area contributed by atoms with Gasteiger partial charge in [0, 0.05) is 13.1 Å². The van der Waals surface area contributed by atoms with Crippen LogP contribution >= 0.6 is 11.8 Å². The van der Waals surface area contributed by atoms with Crippen LogP contribution in [0.5, 0.6) is 0 Å². The van der Waals surface area contributed by atoms with Gasteiger partial charge in [-0.2, -0.15) is 11.8 Å².